The normalized spacial score (nSPS) is 14.5. The highest BCUT2D eigenvalue weighted by Gasteiger charge is 2.22. The van der Waals surface area contributed by atoms with Crippen LogP contribution in [0.25, 0.3) is 0 Å². The summed E-state index contributed by atoms with van der Waals surface area (Å²) >= 11 is 0. The minimum atomic E-state index is -1.64. The third-order valence-electron chi connectivity index (χ3n) is 4.82. The summed E-state index contributed by atoms with van der Waals surface area (Å²) in [7, 11) is 0. The van der Waals surface area contributed by atoms with Crippen LogP contribution in [-0.4, -0.2) is 61.1 Å². The standard InChI is InChI=1S/C21H24F3N5O2/c1-2-25-21(26-13-18(31)27-15-8-7-14(22)19(23)20(15)24)29-11-9-28(10-12-29)16-5-3-4-6-17(16)30/h3-8,30H,2,9-13H2,1H3,(H,25,26)(H,27,31). The number of aliphatic imine (C=N–C) groups is 1. The molecule has 1 aliphatic heterocycles. The lowest BCUT2D eigenvalue weighted by Crippen LogP contribution is -2.52. The summed E-state index contributed by atoms with van der Waals surface area (Å²) in [6, 6.07) is 8.82. The van der Waals surface area contributed by atoms with Crippen LogP contribution >= 0.6 is 0 Å². The Morgan fingerprint density at radius 2 is 1.77 bits per heavy atom. The number of aromatic hydroxyl groups is 1. The molecule has 0 bridgehead atoms. The number of anilines is 2. The second kappa shape index (κ2) is 10.1. The maximum absolute atomic E-state index is 13.7. The van der Waals surface area contributed by atoms with E-state index in [0.717, 1.165) is 17.8 Å². The van der Waals surface area contributed by atoms with Crippen LogP contribution in [0.4, 0.5) is 24.5 Å². The number of hydrogen-bond acceptors (Lipinski definition) is 4. The van der Waals surface area contributed by atoms with Gasteiger partial charge in [-0.05, 0) is 31.2 Å². The highest BCUT2D eigenvalue weighted by Crippen LogP contribution is 2.27. The van der Waals surface area contributed by atoms with Gasteiger partial charge in [0.05, 0.1) is 11.4 Å². The van der Waals surface area contributed by atoms with Gasteiger partial charge in [0.25, 0.3) is 0 Å². The first-order chi connectivity index (χ1) is 14.9. The van der Waals surface area contributed by atoms with Crippen molar-refractivity contribution >= 4 is 23.2 Å². The maximum Gasteiger partial charge on any atom is 0.246 e. The Labute approximate surface area is 178 Å². The molecule has 0 unspecified atom stereocenters. The zero-order valence-electron chi connectivity index (χ0n) is 17.0. The summed E-state index contributed by atoms with van der Waals surface area (Å²) in [5.74, 6) is -4.35. The van der Waals surface area contributed by atoms with Crippen molar-refractivity contribution in [3.05, 3.63) is 53.8 Å². The lowest BCUT2D eigenvalue weighted by molar-refractivity contribution is -0.114. The lowest BCUT2D eigenvalue weighted by atomic mass is 10.2. The van der Waals surface area contributed by atoms with Gasteiger partial charge < -0.3 is 25.5 Å². The molecule has 0 spiro atoms. The molecule has 7 nitrogen and oxygen atoms in total. The van der Waals surface area contributed by atoms with Crippen molar-refractivity contribution in [2.75, 3.05) is 49.5 Å². The monoisotopic (exact) mass is 435 g/mol. The van der Waals surface area contributed by atoms with E-state index in [-0.39, 0.29) is 12.3 Å². The molecule has 0 aromatic heterocycles. The Morgan fingerprint density at radius 1 is 1.06 bits per heavy atom. The molecule has 0 atom stereocenters. The molecular formula is C21H24F3N5O2. The number of para-hydroxylation sites is 2. The average Bonchev–Trinajstić information content (AvgIpc) is 2.77. The lowest BCUT2D eigenvalue weighted by Gasteiger charge is -2.37. The van der Waals surface area contributed by atoms with Gasteiger partial charge in [0.2, 0.25) is 5.91 Å². The van der Waals surface area contributed by atoms with Crippen LogP contribution in [0.2, 0.25) is 0 Å². The van der Waals surface area contributed by atoms with E-state index in [1.807, 2.05) is 24.0 Å². The zero-order chi connectivity index (χ0) is 22.4. The van der Waals surface area contributed by atoms with Gasteiger partial charge in [-0.2, -0.15) is 0 Å². The number of carbonyl (C=O) groups excluding carboxylic acids is 1. The number of nitrogens with one attached hydrogen (secondary N) is 2. The number of amides is 1. The van der Waals surface area contributed by atoms with Crippen LogP contribution in [0.5, 0.6) is 5.75 Å². The third kappa shape index (κ3) is 5.39. The molecule has 1 amide bonds. The Hall–Kier alpha value is -3.43. The van der Waals surface area contributed by atoms with E-state index >= 15 is 0 Å². The van der Waals surface area contributed by atoms with E-state index in [1.165, 1.54) is 0 Å². The molecule has 10 heteroatoms. The summed E-state index contributed by atoms with van der Waals surface area (Å²) in [6.07, 6.45) is 0. The molecule has 1 heterocycles. The molecule has 31 heavy (non-hydrogen) atoms. The predicted molar refractivity (Wildman–Crippen MR) is 113 cm³/mol. The van der Waals surface area contributed by atoms with Crippen LogP contribution in [0.15, 0.2) is 41.4 Å². The maximum atomic E-state index is 13.7. The molecule has 1 saturated heterocycles. The first-order valence-electron chi connectivity index (χ1n) is 9.90. The fourth-order valence-corrected chi connectivity index (χ4v) is 3.28. The molecule has 0 radical (unpaired) electrons. The molecule has 2 aromatic carbocycles. The molecular weight excluding hydrogens is 411 g/mol. The molecule has 3 N–H and O–H groups in total. The number of hydrogen-bond donors (Lipinski definition) is 3. The van der Waals surface area contributed by atoms with E-state index in [9.17, 15) is 23.1 Å². The SMILES string of the molecule is CCNC(=NCC(=O)Nc1ccc(F)c(F)c1F)N1CCN(c2ccccc2O)CC1. The molecule has 166 valence electrons. The minimum absolute atomic E-state index is 0.220. The van der Waals surface area contributed by atoms with Crippen molar-refractivity contribution in [3.63, 3.8) is 0 Å². The number of piperazine rings is 1. The Balaban J connectivity index is 1.61. The van der Waals surface area contributed by atoms with Crippen LogP contribution in [-0.2, 0) is 4.79 Å². The van der Waals surface area contributed by atoms with Crippen LogP contribution in [0, 0.1) is 17.5 Å². The fourth-order valence-electron chi connectivity index (χ4n) is 3.28. The topological polar surface area (TPSA) is 80.2 Å². The van der Waals surface area contributed by atoms with Crippen molar-refractivity contribution in [1.82, 2.24) is 10.2 Å². The van der Waals surface area contributed by atoms with Gasteiger partial charge in [-0.3, -0.25) is 4.79 Å². The van der Waals surface area contributed by atoms with Gasteiger partial charge in [0.15, 0.2) is 23.4 Å². The van der Waals surface area contributed by atoms with Crippen molar-refractivity contribution in [3.8, 4) is 5.75 Å². The summed E-state index contributed by atoms with van der Waals surface area (Å²) in [5.41, 5.74) is 0.317. The quantitative estimate of drug-likeness (QED) is 0.382. The van der Waals surface area contributed by atoms with Crippen molar-refractivity contribution < 1.29 is 23.1 Å². The Kier molecular flexibility index (Phi) is 7.22. The summed E-state index contributed by atoms with van der Waals surface area (Å²) in [5, 5.41) is 15.3. The molecule has 0 aliphatic carbocycles. The number of phenols is 1. The van der Waals surface area contributed by atoms with Gasteiger partial charge in [0, 0.05) is 32.7 Å². The number of carbonyl (C=O) groups is 1. The zero-order valence-corrected chi connectivity index (χ0v) is 17.0. The minimum Gasteiger partial charge on any atom is -0.506 e. The summed E-state index contributed by atoms with van der Waals surface area (Å²) in [6.45, 7) is 4.67. The van der Waals surface area contributed by atoms with Crippen molar-refractivity contribution in [2.24, 2.45) is 4.99 Å². The molecule has 1 aliphatic rings. The fraction of sp³-hybridized carbons (Fsp3) is 0.333. The van der Waals surface area contributed by atoms with E-state index in [0.29, 0.717) is 38.7 Å². The first-order valence-corrected chi connectivity index (χ1v) is 9.90. The van der Waals surface area contributed by atoms with Crippen LogP contribution in [0.3, 0.4) is 0 Å². The molecule has 3 rings (SSSR count). The largest absolute Gasteiger partial charge is 0.506 e. The molecule has 0 saturated carbocycles. The average molecular weight is 435 g/mol. The first kappa shape index (κ1) is 22.3. The van der Waals surface area contributed by atoms with Gasteiger partial charge in [-0.15, -0.1) is 0 Å². The Bertz CT molecular complexity index is 962. The number of guanidine groups is 1. The molecule has 2 aromatic rings. The van der Waals surface area contributed by atoms with E-state index in [4.69, 9.17) is 0 Å². The van der Waals surface area contributed by atoms with Gasteiger partial charge >= 0.3 is 0 Å². The smallest absolute Gasteiger partial charge is 0.246 e. The second-order valence-electron chi connectivity index (χ2n) is 6.90. The van der Waals surface area contributed by atoms with Gasteiger partial charge in [0.1, 0.15) is 12.3 Å². The van der Waals surface area contributed by atoms with Crippen molar-refractivity contribution in [1.29, 1.82) is 0 Å². The third-order valence-corrected chi connectivity index (χ3v) is 4.82. The van der Waals surface area contributed by atoms with Gasteiger partial charge in [-0.1, -0.05) is 12.1 Å². The highest BCUT2D eigenvalue weighted by molar-refractivity contribution is 5.94. The van der Waals surface area contributed by atoms with E-state index < -0.39 is 29.0 Å². The number of halogens is 3. The summed E-state index contributed by atoms with van der Waals surface area (Å²) < 4.78 is 40.1. The van der Waals surface area contributed by atoms with E-state index in [2.05, 4.69) is 20.5 Å². The van der Waals surface area contributed by atoms with Crippen LogP contribution in [0.1, 0.15) is 6.92 Å². The van der Waals surface area contributed by atoms with E-state index in [1.54, 1.807) is 12.1 Å². The number of phenolic OH excluding ortho intramolecular Hbond substituents is 1. The Morgan fingerprint density at radius 3 is 2.45 bits per heavy atom. The van der Waals surface area contributed by atoms with Crippen LogP contribution < -0.4 is 15.5 Å². The molecule has 1 fully saturated rings. The summed E-state index contributed by atoms with van der Waals surface area (Å²) in [4.78, 5) is 20.5. The highest BCUT2D eigenvalue weighted by atomic mass is 19.2. The second-order valence-corrected chi connectivity index (χ2v) is 6.90. The number of rotatable bonds is 5. The predicted octanol–water partition coefficient (Wildman–Crippen LogP) is 2.54. The van der Waals surface area contributed by atoms with Gasteiger partial charge in [-0.25, -0.2) is 18.2 Å². The number of nitrogens with zero attached hydrogens (tertiary/aromatic N) is 3. The number of benzene rings is 2. The van der Waals surface area contributed by atoms with Crippen molar-refractivity contribution in [2.45, 2.75) is 6.92 Å².